The Morgan fingerprint density at radius 1 is 0.805 bits per heavy atom. The molecule has 0 radical (unpaired) electrons. The number of rotatable bonds is 10. The summed E-state index contributed by atoms with van der Waals surface area (Å²) in [6.07, 6.45) is -2.47. The van der Waals surface area contributed by atoms with Crippen molar-refractivity contribution in [1.82, 2.24) is 5.32 Å². The van der Waals surface area contributed by atoms with Gasteiger partial charge >= 0.3 is 24.2 Å². The molecule has 0 fully saturated rings. The van der Waals surface area contributed by atoms with Gasteiger partial charge in [-0.05, 0) is 84.7 Å². The first kappa shape index (κ1) is 33.1. The predicted octanol–water partition coefficient (Wildman–Crippen LogP) is 5.23. The molecule has 0 aliphatic heterocycles. The minimum Gasteiger partial charge on any atom is -0.468 e. The Morgan fingerprint density at radius 3 is 1.90 bits per heavy atom. The molecule has 1 N–H and O–H groups in total. The Hall–Kier alpha value is -4.12. The summed E-state index contributed by atoms with van der Waals surface area (Å²) in [5.41, 5.74) is -0.691. The maximum atomic E-state index is 12.6. The van der Waals surface area contributed by atoms with Crippen LogP contribution in [0.4, 0.5) is 9.59 Å². The van der Waals surface area contributed by atoms with Gasteiger partial charge in [0, 0.05) is 6.54 Å². The molecule has 2 rings (SSSR count). The van der Waals surface area contributed by atoms with E-state index < -0.39 is 47.6 Å². The number of carbonyl (C=O) groups is 4. The molecule has 0 heterocycles. The molecule has 2 aromatic rings. The third-order valence-electron chi connectivity index (χ3n) is 5.07. The van der Waals surface area contributed by atoms with E-state index in [4.69, 9.17) is 28.4 Å². The number of esters is 2. The third-order valence-corrected chi connectivity index (χ3v) is 5.07. The topological polar surface area (TPSA) is 136 Å². The molecule has 0 aromatic heterocycles. The zero-order chi connectivity index (χ0) is 30.8. The molecule has 0 spiro atoms. The highest BCUT2D eigenvalue weighted by molar-refractivity contribution is 5.89. The molecular formula is C30H39NO10. The fraction of sp³-hybridized carbons (Fsp3) is 0.467. The van der Waals surface area contributed by atoms with Crippen molar-refractivity contribution >= 4 is 24.2 Å². The average molecular weight is 574 g/mol. The Balaban J connectivity index is 2.20. The smallest absolute Gasteiger partial charge is 0.468 e. The van der Waals surface area contributed by atoms with Crippen LogP contribution in [-0.4, -0.2) is 61.3 Å². The molecule has 41 heavy (non-hydrogen) atoms. The third kappa shape index (κ3) is 12.3. The summed E-state index contributed by atoms with van der Waals surface area (Å²) >= 11 is 0. The van der Waals surface area contributed by atoms with Crippen LogP contribution in [0.1, 0.15) is 64.4 Å². The number of nitrogens with one attached hydrogen (secondary N) is 1. The van der Waals surface area contributed by atoms with Gasteiger partial charge in [-0.3, -0.25) is 4.79 Å². The van der Waals surface area contributed by atoms with Gasteiger partial charge < -0.3 is 33.7 Å². The fourth-order valence-electron chi connectivity index (χ4n) is 3.36. The number of hydrogen-bond acceptors (Lipinski definition) is 11. The summed E-state index contributed by atoms with van der Waals surface area (Å²) in [6.45, 7) is 11.9. The van der Waals surface area contributed by atoms with Crippen LogP contribution in [0.3, 0.4) is 0 Å². The van der Waals surface area contributed by atoms with Gasteiger partial charge in [0.05, 0.1) is 12.7 Å². The fourth-order valence-corrected chi connectivity index (χ4v) is 3.36. The van der Waals surface area contributed by atoms with Crippen molar-refractivity contribution in [2.24, 2.45) is 0 Å². The summed E-state index contributed by atoms with van der Waals surface area (Å²) in [6, 6.07) is 12.2. The molecule has 2 atom stereocenters. The van der Waals surface area contributed by atoms with Crippen molar-refractivity contribution in [1.29, 1.82) is 0 Å². The van der Waals surface area contributed by atoms with E-state index >= 15 is 0 Å². The molecule has 11 nitrogen and oxygen atoms in total. The van der Waals surface area contributed by atoms with Crippen LogP contribution in [0.5, 0.6) is 11.5 Å². The van der Waals surface area contributed by atoms with Crippen molar-refractivity contribution in [3.05, 3.63) is 59.7 Å². The summed E-state index contributed by atoms with van der Waals surface area (Å²) in [5.74, 6) is -1.25. The number of methoxy groups -OCH3 is 1. The highest BCUT2D eigenvalue weighted by Crippen LogP contribution is 2.31. The first-order valence-corrected chi connectivity index (χ1v) is 13.1. The number of benzene rings is 2. The van der Waals surface area contributed by atoms with Crippen molar-refractivity contribution in [3.8, 4) is 11.5 Å². The standard InChI is InChI=1S/C30H39NO10/c1-19(37-25(32)21-12-10-9-11-13-21)18-31-22(26(33)36-8)16-20-14-15-23(38-27(34)40-29(2,3)4)24(17-20)39-28(35)41-30(5,6)7/h9-15,17,19,22,31H,16,18H2,1-8H3/t19?,22-/m0/s1. The van der Waals surface area contributed by atoms with Crippen LogP contribution in [0.25, 0.3) is 0 Å². The van der Waals surface area contributed by atoms with Crippen LogP contribution in [0, 0.1) is 0 Å². The van der Waals surface area contributed by atoms with E-state index in [9.17, 15) is 19.2 Å². The molecular weight excluding hydrogens is 534 g/mol. The van der Waals surface area contributed by atoms with Crippen LogP contribution < -0.4 is 14.8 Å². The van der Waals surface area contributed by atoms with Gasteiger partial charge in [0.25, 0.3) is 0 Å². The Bertz CT molecular complexity index is 1200. The van der Waals surface area contributed by atoms with Gasteiger partial charge in [-0.2, -0.15) is 0 Å². The molecule has 224 valence electrons. The average Bonchev–Trinajstić information content (AvgIpc) is 2.85. The van der Waals surface area contributed by atoms with E-state index in [0.29, 0.717) is 11.1 Å². The highest BCUT2D eigenvalue weighted by atomic mass is 16.8. The van der Waals surface area contributed by atoms with Gasteiger partial charge in [-0.15, -0.1) is 0 Å². The van der Waals surface area contributed by atoms with Gasteiger partial charge in [0.1, 0.15) is 23.3 Å². The molecule has 11 heteroatoms. The first-order chi connectivity index (χ1) is 19.1. The van der Waals surface area contributed by atoms with Crippen LogP contribution in [0.15, 0.2) is 48.5 Å². The summed E-state index contributed by atoms with van der Waals surface area (Å²) in [4.78, 5) is 49.6. The Labute approximate surface area is 240 Å². The van der Waals surface area contributed by atoms with E-state index in [1.54, 1.807) is 84.9 Å². The number of carbonyl (C=O) groups excluding carboxylic acids is 4. The SMILES string of the molecule is COC(=O)[C@H](Cc1ccc(OC(=O)OC(C)(C)C)c(OC(=O)OC(C)(C)C)c1)NCC(C)OC(=O)c1ccccc1. The minimum absolute atomic E-state index is 0.0853. The lowest BCUT2D eigenvalue weighted by atomic mass is 10.0. The second-order valence-electron chi connectivity index (χ2n) is 11.2. The Morgan fingerprint density at radius 2 is 1.37 bits per heavy atom. The molecule has 0 saturated heterocycles. The second kappa shape index (κ2) is 14.5. The highest BCUT2D eigenvalue weighted by Gasteiger charge is 2.25. The van der Waals surface area contributed by atoms with Crippen LogP contribution in [0.2, 0.25) is 0 Å². The molecule has 0 amide bonds. The van der Waals surface area contributed by atoms with Gasteiger partial charge in [-0.1, -0.05) is 24.3 Å². The molecule has 0 saturated carbocycles. The molecule has 1 unspecified atom stereocenters. The van der Waals surface area contributed by atoms with E-state index in [0.717, 1.165) is 0 Å². The predicted molar refractivity (Wildman–Crippen MR) is 149 cm³/mol. The van der Waals surface area contributed by atoms with Crippen LogP contribution >= 0.6 is 0 Å². The van der Waals surface area contributed by atoms with Crippen molar-refractivity contribution in [2.75, 3.05) is 13.7 Å². The lowest BCUT2D eigenvalue weighted by molar-refractivity contribution is -0.143. The van der Waals surface area contributed by atoms with Crippen molar-refractivity contribution < 1.29 is 47.6 Å². The normalized spacial score (nSPS) is 12.9. The quantitative estimate of drug-likeness (QED) is 0.227. The van der Waals surface area contributed by atoms with Gasteiger partial charge in [-0.25, -0.2) is 14.4 Å². The van der Waals surface area contributed by atoms with Gasteiger partial charge in [0.15, 0.2) is 11.5 Å². The molecule has 0 aliphatic carbocycles. The van der Waals surface area contributed by atoms with Crippen LogP contribution in [-0.2, 0) is 30.2 Å². The second-order valence-corrected chi connectivity index (χ2v) is 11.2. The van der Waals surface area contributed by atoms with E-state index in [-0.39, 0.29) is 24.5 Å². The maximum Gasteiger partial charge on any atom is 0.514 e. The monoisotopic (exact) mass is 573 g/mol. The molecule has 0 aliphatic rings. The maximum absolute atomic E-state index is 12.6. The van der Waals surface area contributed by atoms with Crippen molar-refractivity contribution in [3.63, 3.8) is 0 Å². The number of hydrogen-bond donors (Lipinski definition) is 1. The summed E-state index contributed by atoms with van der Waals surface area (Å²) in [7, 11) is 1.25. The number of ether oxygens (including phenoxy) is 6. The zero-order valence-electron chi connectivity index (χ0n) is 24.8. The lowest BCUT2D eigenvalue weighted by Crippen LogP contribution is -2.43. The van der Waals surface area contributed by atoms with E-state index in [1.807, 2.05) is 0 Å². The molecule has 0 bridgehead atoms. The summed E-state index contributed by atoms with van der Waals surface area (Å²) < 4.78 is 31.5. The first-order valence-electron chi connectivity index (χ1n) is 13.1. The largest absolute Gasteiger partial charge is 0.514 e. The summed E-state index contributed by atoms with van der Waals surface area (Å²) in [5, 5.41) is 3.05. The minimum atomic E-state index is -1.01. The van der Waals surface area contributed by atoms with E-state index in [1.165, 1.54) is 19.2 Å². The molecule has 2 aromatic carbocycles. The van der Waals surface area contributed by atoms with Gasteiger partial charge in [0.2, 0.25) is 0 Å². The van der Waals surface area contributed by atoms with Crippen molar-refractivity contribution in [2.45, 2.75) is 78.2 Å². The Kier molecular flexibility index (Phi) is 11.7. The van der Waals surface area contributed by atoms with E-state index in [2.05, 4.69) is 5.32 Å². The lowest BCUT2D eigenvalue weighted by Gasteiger charge is -2.22. The zero-order valence-corrected chi connectivity index (χ0v) is 24.8.